The monoisotopic (exact) mass is 457 g/mol. The van der Waals surface area contributed by atoms with Crippen molar-refractivity contribution in [2.24, 2.45) is 0 Å². The first-order valence-corrected chi connectivity index (χ1v) is 10.1. The second kappa shape index (κ2) is 10.0. The van der Waals surface area contributed by atoms with Gasteiger partial charge in [-0.2, -0.15) is 0 Å². The number of benzene rings is 3. The summed E-state index contributed by atoms with van der Waals surface area (Å²) in [6.07, 6.45) is 1.13. The number of carbonyl (C=O) groups excluding carboxylic acids is 2. The molecule has 4 aromatic rings. The van der Waals surface area contributed by atoms with E-state index in [1.165, 1.54) is 0 Å². The summed E-state index contributed by atoms with van der Waals surface area (Å²) in [5, 5.41) is 13.3. The summed E-state index contributed by atoms with van der Waals surface area (Å²) in [6.45, 7) is 0. The molecule has 0 saturated heterocycles. The average Bonchev–Trinajstić information content (AvgIpc) is 2.86. The Bertz CT molecular complexity index is 1360. The highest BCUT2D eigenvalue weighted by atomic mass is 16.6. The predicted octanol–water partition coefficient (Wildman–Crippen LogP) is 2.98. The number of nitro groups is 1. The Balaban J connectivity index is 1.47. The molecule has 0 saturated carbocycles. The molecule has 3 aromatic carbocycles. The Morgan fingerprint density at radius 3 is 2.21 bits per heavy atom. The Kier molecular flexibility index (Phi) is 6.54. The third-order valence-corrected chi connectivity index (χ3v) is 4.86. The molecule has 0 spiro atoms. The van der Waals surface area contributed by atoms with E-state index in [1.54, 1.807) is 42.5 Å². The smallest absolute Gasteiger partial charge is 0.276 e. The van der Waals surface area contributed by atoms with Crippen molar-refractivity contribution in [2.45, 2.75) is 6.42 Å². The summed E-state index contributed by atoms with van der Waals surface area (Å²) >= 11 is 0. The second-order valence-corrected chi connectivity index (χ2v) is 7.12. The van der Waals surface area contributed by atoms with Crippen molar-refractivity contribution in [3.05, 3.63) is 100 Å². The molecule has 170 valence electrons. The van der Waals surface area contributed by atoms with Gasteiger partial charge < -0.3 is 0 Å². The van der Waals surface area contributed by atoms with Gasteiger partial charge in [-0.05, 0) is 22.4 Å². The molecule has 0 aliphatic rings. The SMILES string of the molecule is O=C(Cc1ccccc1)NNc1ncnc(NNC(=O)c2cccc3ccccc23)c1[N+](=O)[O-]. The molecule has 4 N–H and O–H groups in total. The largest absolute Gasteiger partial charge is 0.356 e. The number of fused-ring (bicyclic) bond motifs is 1. The summed E-state index contributed by atoms with van der Waals surface area (Å²) in [5.74, 6) is -1.43. The number of anilines is 2. The first-order chi connectivity index (χ1) is 16.5. The highest BCUT2D eigenvalue weighted by Crippen LogP contribution is 2.28. The van der Waals surface area contributed by atoms with Crippen LogP contribution in [0.15, 0.2) is 79.1 Å². The lowest BCUT2D eigenvalue weighted by molar-refractivity contribution is -0.383. The molecule has 0 aliphatic heterocycles. The van der Waals surface area contributed by atoms with Crippen molar-refractivity contribution in [1.29, 1.82) is 0 Å². The van der Waals surface area contributed by atoms with Gasteiger partial charge in [0.15, 0.2) is 0 Å². The summed E-state index contributed by atoms with van der Waals surface area (Å²) in [4.78, 5) is 43.5. The van der Waals surface area contributed by atoms with Gasteiger partial charge in [-0.3, -0.25) is 41.4 Å². The maximum atomic E-state index is 12.7. The fourth-order valence-electron chi connectivity index (χ4n) is 3.30. The Morgan fingerprint density at radius 1 is 0.824 bits per heavy atom. The number of amides is 2. The fourth-order valence-corrected chi connectivity index (χ4v) is 3.30. The summed E-state index contributed by atoms with van der Waals surface area (Å²) in [5.41, 5.74) is 10.3. The van der Waals surface area contributed by atoms with Crippen molar-refractivity contribution >= 4 is 39.9 Å². The summed E-state index contributed by atoms with van der Waals surface area (Å²) in [6, 6.07) is 21.6. The van der Waals surface area contributed by atoms with E-state index in [1.807, 2.05) is 30.3 Å². The molecule has 4 rings (SSSR count). The molecule has 11 nitrogen and oxygen atoms in total. The molecule has 0 bridgehead atoms. The number of hydrogen-bond donors (Lipinski definition) is 4. The van der Waals surface area contributed by atoms with Crippen LogP contribution in [0.25, 0.3) is 10.8 Å². The predicted molar refractivity (Wildman–Crippen MR) is 126 cm³/mol. The Morgan fingerprint density at radius 2 is 1.47 bits per heavy atom. The first kappa shape index (κ1) is 22.1. The number of carbonyl (C=O) groups is 2. The van der Waals surface area contributed by atoms with Crippen LogP contribution in [0.4, 0.5) is 17.3 Å². The Labute approximate surface area is 193 Å². The molecule has 11 heteroatoms. The van der Waals surface area contributed by atoms with E-state index in [0.29, 0.717) is 5.56 Å². The van der Waals surface area contributed by atoms with Crippen LogP contribution in [0, 0.1) is 10.1 Å². The minimum absolute atomic E-state index is 0.0684. The van der Waals surface area contributed by atoms with E-state index in [4.69, 9.17) is 0 Å². The van der Waals surface area contributed by atoms with Crippen LogP contribution in [0.3, 0.4) is 0 Å². The van der Waals surface area contributed by atoms with E-state index in [-0.39, 0.29) is 18.1 Å². The van der Waals surface area contributed by atoms with Crippen molar-refractivity contribution in [2.75, 3.05) is 10.9 Å². The van der Waals surface area contributed by atoms with Gasteiger partial charge >= 0.3 is 5.69 Å². The quantitative estimate of drug-likeness (QED) is 0.233. The Hall–Kier alpha value is -5.06. The third-order valence-electron chi connectivity index (χ3n) is 4.86. The van der Waals surface area contributed by atoms with Gasteiger partial charge in [-0.15, -0.1) is 0 Å². The van der Waals surface area contributed by atoms with Crippen LogP contribution in [0.5, 0.6) is 0 Å². The lowest BCUT2D eigenvalue weighted by Crippen LogP contribution is -2.33. The molecule has 0 radical (unpaired) electrons. The van der Waals surface area contributed by atoms with Crippen molar-refractivity contribution < 1.29 is 14.5 Å². The number of nitrogens with zero attached hydrogens (tertiary/aromatic N) is 3. The molecular formula is C23H19N7O4. The van der Waals surface area contributed by atoms with Crippen LogP contribution < -0.4 is 21.7 Å². The highest BCUT2D eigenvalue weighted by molar-refractivity contribution is 6.07. The zero-order valence-electron chi connectivity index (χ0n) is 17.7. The number of rotatable bonds is 8. The van der Waals surface area contributed by atoms with Crippen LogP contribution in [-0.2, 0) is 11.2 Å². The van der Waals surface area contributed by atoms with E-state index >= 15 is 0 Å². The standard InChI is InChI=1S/C23H19N7O4/c31-19(13-15-7-2-1-3-8-15)26-27-21-20(30(33)34)22(25-14-24-21)28-29-23(32)18-12-6-10-16-9-4-5-11-17(16)18/h1-12,14H,13H2,(H,26,31)(H,29,32)(H2,24,25,27,28). The van der Waals surface area contributed by atoms with E-state index in [0.717, 1.165) is 22.7 Å². The molecule has 1 heterocycles. The van der Waals surface area contributed by atoms with Gasteiger partial charge in [0, 0.05) is 5.56 Å². The molecule has 0 atom stereocenters. The van der Waals surface area contributed by atoms with Crippen molar-refractivity contribution in [3.63, 3.8) is 0 Å². The number of hydrazine groups is 2. The molecule has 0 unspecified atom stereocenters. The molecule has 34 heavy (non-hydrogen) atoms. The molecule has 1 aromatic heterocycles. The topological polar surface area (TPSA) is 151 Å². The van der Waals surface area contributed by atoms with Crippen LogP contribution in [0.2, 0.25) is 0 Å². The first-order valence-electron chi connectivity index (χ1n) is 10.1. The maximum absolute atomic E-state index is 12.7. The van der Waals surface area contributed by atoms with E-state index < -0.39 is 22.4 Å². The summed E-state index contributed by atoms with van der Waals surface area (Å²) in [7, 11) is 0. The maximum Gasteiger partial charge on any atom is 0.356 e. The average molecular weight is 457 g/mol. The molecule has 0 aliphatic carbocycles. The second-order valence-electron chi connectivity index (χ2n) is 7.12. The van der Waals surface area contributed by atoms with Gasteiger partial charge in [0.1, 0.15) is 6.33 Å². The summed E-state index contributed by atoms with van der Waals surface area (Å²) < 4.78 is 0. The minimum atomic E-state index is -0.724. The van der Waals surface area contributed by atoms with Crippen LogP contribution >= 0.6 is 0 Å². The number of nitrogens with one attached hydrogen (secondary N) is 4. The fraction of sp³-hybridized carbons (Fsp3) is 0.0435. The van der Waals surface area contributed by atoms with Crippen LogP contribution in [-0.4, -0.2) is 26.7 Å². The van der Waals surface area contributed by atoms with Gasteiger partial charge in [0.05, 0.1) is 11.3 Å². The normalized spacial score (nSPS) is 10.4. The highest BCUT2D eigenvalue weighted by Gasteiger charge is 2.24. The van der Waals surface area contributed by atoms with Crippen LogP contribution in [0.1, 0.15) is 15.9 Å². The van der Waals surface area contributed by atoms with E-state index in [9.17, 15) is 19.7 Å². The van der Waals surface area contributed by atoms with E-state index in [2.05, 4.69) is 31.7 Å². The minimum Gasteiger partial charge on any atom is -0.276 e. The van der Waals surface area contributed by atoms with Gasteiger partial charge in [0.25, 0.3) is 5.91 Å². The number of hydrogen-bond acceptors (Lipinski definition) is 8. The zero-order valence-corrected chi connectivity index (χ0v) is 17.7. The molecule has 0 fully saturated rings. The van der Waals surface area contributed by atoms with Crippen molar-refractivity contribution in [1.82, 2.24) is 20.8 Å². The lowest BCUT2D eigenvalue weighted by atomic mass is 10.0. The molecule has 2 amide bonds. The van der Waals surface area contributed by atoms with Gasteiger partial charge in [0.2, 0.25) is 17.5 Å². The lowest BCUT2D eigenvalue weighted by Gasteiger charge is -2.12. The van der Waals surface area contributed by atoms with Crippen molar-refractivity contribution in [3.8, 4) is 0 Å². The third kappa shape index (κ3) is 5.05. The molecular weight excluding hydrogens is 438 g/mol. The van der Waals surface area contributed by atoms with Gasteiger partial charge in [-0.1, -0.05) is 66.7 Å². The zero-order chi connectivity index (χ0) is 23.9. The van der Waals surface area contributed by atoms with Gasteiger partial charge in [-0.25, -0.2) is 9.97 Å². The number of aromatic nitrogens is 2.